The molecule has 0 saturated heterocycles. The molecular formula is C11H21N3O3. The molecule has 6 nitrogen and oxygen atoms in total. The first-order chi connectivity index (χ1) is 8.14. The first-order valence-corrected chi connectivity index (χ1v) is 6.02. The van der Waals surface area contributed by atoms with Crippen LogP contribution in [0.4, 0.5) is 4.79 Å². The van der Waals surface area contributed by atoms with E-state index >= 15 is 0 Å². The van der Waals surface area contributed by atoms with E-state index in [9.17, 15) is 4.79 Å². The van der Waals surface area contributed by atoms with Gasteiger partial charge in [0.2, 0.25) is 0 Å². The van der Waals surface area contributed by atoms with Gasteiger partial charge < -0.3 is 16.2 Å². The summed E-state index contributed by atoms with van der Waals surface area (Å²) < 4.78 is 4.59. The number of rotatable bonds is 4. The molecule has 0 unspecified atom stereocenters. The van der Waals surface area contributed by atoms with Crippen LogP contribution >= 0.6 is 0 Å². The van der Waals surface area contributed by atoms with Crippen LogP contribution < -0.4 is 11.5 Å². The topological polar surface area (TPSA) is 99.9 Å². The third-order valence-corrected chi connectivity index (χ3v) is 3.23. The van der Waals surface area contributed by atoms with Crippen molar-refractivity contribution in [1.82, 2.24) is 0 Å². The lowest BCUT2D eigenvalue weighted by Crippen LogP contribution is -2.45. The molecule has 17 heavy (non-hydrogen) atoms. The third-order valence-electron chi connectivity index (χ3n) is 3.23. The molecular weight excluding hydrogens is 222 g/mol. The fraction of sp³-hybridized carbons (Fsp3) is 0.818. The molecule has 98 valence electrons. The standard InChI is InChI=1S/C11H21N3O3/c1-2-16-10(15)17-14-9(13)11(8-12)6-4-3-5-7-11/h2-8,12H2,1H3,(H2,13,14). The molecule has 1 fully saturated rings. The summed E-state index contributed by atoms with van der Waals surface area (Å²) in [5.74, 6) is 0.299. The van der Waals surface area contributed by atoms with Gasteiger partial charge in [-0.25, -0.2) is 4.79 Å². The van der Waals surface area contributed by atoms with Crippen LogP contribution in [0.3, 0.4) is 0 Å². The van der Waals surface area contributed by atoms with Gasteiger partial charge in [-0.05, 0) is 19.8 Å². The second-order valence-electron chi connectivity index (χ2n) is 4.30. The molecule has 0 aromatic heterocycles. The van der Waals surface area contributed by atoms with Crippen molar-refractivity contribution in [2.45, 2.75) is 39.0 Å². The minimum atomic E-state index is -0.835. The predicted octanol–water partition coefficient (Wildman–Crippen LogP) is 1.34. The number of nitrogens with two attached hydrogens (primary N) is 2. The first kappa shape index (κ1) is 13.8. The van der Waals surface area contributed by atoms with Crippen LogP contribution in [0, 0.1) is 5.41 Å². The molecule has 0 aromatic rings. The zero-order valence-electron chi connectivity index (χ0n) is 10.3. The molecule has 1 saturated carbocycles. The lowest BCUT2D eigenvalue weighted by molar-refractivity contribution is 0.0598. The van der Waals surface area contributed by atoms with E-state index < -0.39 is 6.16 Å². The minimum Gasteiger partial charge on any atom is -0.433 e. The Hall–Kier alpha value is -1.30. The van der Waals surface area contributed by atoms with Crippen molar-refractivity contribution in [3.05, 3.63) is 0 Å². The van der Waals surface area contributed by atoms with Gasteiger partial charge in [0.15, 0.2) is 0 Å². The number of amidine groups is 1. The third kappa shape index (κ3) is 3.59. The van der Waals surface area contributed by atoms with Crippen molar-refractivity contribution < 1.29 is 14.4 Å². The summed E-state index contributed by atoms with van der Waals surface area (Å²) in [7, 11) is 0. The second-order valence-corrected chi connectivity index (χ2v) is 4.30. The predicted molar refractivity (Wildman–Crippen MR) is 64.3 cm³/mol. The minimum absolute atomic E-state index is 0.246. The van der Waals surface area contributed by atoms with Crippen LogP contribution in [0.25, 0.3) is 0 Å². The number of nitrogens with zero attached hydrogens (tertiary/aromatic N) is 1. The molecule has 1 aliphatic rings. The van der Waals surface area contributed by atoms with E-state index in [2.05, 4.69) is 14.7 Å². The molecule has 0 amide bonds. The Morgan fingerprint density at radius 3 is 2.53 bits per heavy atom. The normalized spacial score (nSPS) is 19.8. The monoisotopic (exact) mass is 243 g/mol. The summed E-state index contributed by atoms with van der Waals surface area (Å²) in [4.78, 5) is 15.6. The highest BCUT2D eigenvalue weighted by atomic mass is 16.8. The Bertz CT molecular complexity index is 286. The maximum absolute atomic E-state index is 11.0. The van der Waals surface area contributed by atoms with Gasteiger partial charge in [-0.3, -0.25) is 4.84 Å². The molecule has 0 aliphatic heterocycles. The lowest BCUT2D eigenvalue weighted by atomic mass is 9.73. The summed E-state index contributed by atoms with van der Waals surface area (Å²) in [6.45, 7) is 2.36. The first-order valence-electron chi connectivity index (χ1n) is 6.02. The van der Waals surface area contributed by atoms with E-state index in [-0.39, 0.29) is 12.0 Å². The van der Waals surface area contributed by atoms with Crippen molar-refractivity contribution in [3.63, 3.8) is 0 Å². The second kappa shape index (κ2) is 6.44. The van der Waals surface area contributed by atoms with Crippen molar-refractivity contribution in [3.8, 4) is 0 Å². The van der Waals surface area contributed by atoms with E-state index in [1.807, 2.05) is 0 Å². The fourth-order valence-corrected chi connectivity index (χ4v) is 2.12. The van der Waals surface area contributed by atoms with Crippen LogP contribution in [0.15, 0.2) is 5.16 Å². The maximum Gasteiger partial charge on any atom is 0.535 e. The number of carbonyl (C=O) groups excluding carboxylic acids is 1. The van der Waals surface area contributed by atoms with Gasteiger partial charge in [-0.1, -0.05) is 24.4 Å². The Morgan fingerprint density at radius 1 is 1.35 bits per heavy atom. The van der Waals surface area contributed by atoms with Crippen LogP contribution in [0.1, 0.15) is 39.0 Å². The zero-order valence-corrected chi connectivity index (χ0v) is 10.3. The van der Waals surface area contributed by atoms with Gasteiger partial charge in [0.05, 0.1) is 6.61 Å². The Balaban J connectivity index is 2.61. The lowest BCUT2D eigenvalue weighted by Gasteiger charge is -2.34. The summed E-state index contributed by atoms with van der Waals surface area (Å²) in [5.41, 5.74) is 11.3. The summed E-state index contributed by atoms with van der Waals surface area (Å²) >= 11 is 0. The number of oxime groups is 1. The van der Waals surface area contributed by atoms with Gasteiger partial charge in [0.1, 0.15) is 5.84 Å². The Morgan fingerprint density at radius 2 is 2.00 bits per heavy atom. The number of carbonyl (C=O) groups is 1. The van der Waals surface area contributed by atoms with Crippen molar-refractivity contribution in [2.75, 3.05) is 13.2 Å². The number of ether oxygens (including phenoxy) is 1. The van der Waals surface area contributed by atoms with Crippen LogP contribution in [0.2, 0.25) is 0 Å². The Kier molecular flexibility index (Phi) is 5.21. The highest BCUT2D eigenvalue weighted by Gasteiger charge is 2.35. The van der Waals surface area contributed by atoms with Crippen molar-refractivity contribution in [2.24, 2.45) is 22.0 Å². The molecule has 0 spiro atoms. The number of hydrogen-bond acceptors (Lipinski definition) is 5. The number of hydrogen-bond donors (Lipinski definition) is 2. The molecule has 0 bridgehead atoms. The maximum atomic E-state index is 11.0. The van der Waals surface area contributed by atoms with Crippen LogP contribution in [-0.2, 0) is 9.57 Å². The molecule has 0 atom stereocenters. The molecule has 0 aromatic carbocycles. The quantitative estimate of drug-likeness (QED) is 0.255. The highest BCUT2D eigenvalue weighted by molar-refractivity contribution is 5.86. The van der Waals surface area contributed by atoms with Gasteiger partial charge >= 0.3 is 6.16 Å². The average molecular weight is 243 g/mol. The fourth-order valence-electron chi connectivity index (χ4n) is 2.12. The van der Waals surface area contributed by atoms with Crippen LogP contribution in [0.5, 0.6) is 0 Å². The summed E-state index contributed by atoms with van der Waals surface area (Å²) in [5, 5.41) is 3.65. The molecule has 1 rings (SSSR count). The summed E-state index contributed by atoms with van der Waals surface area (Å²) in [6.07, 6.45) is 4.29. The SMILES string of the molecule is CCOC(=O)ON=C(N)C1(CN)CCCCC1. The molecule has 0 heterocycles. The van der Waals surface area contributed by atoms with E-state index in [1.54, 1.807) is 6.92 Å². The van der Waals surface area contributed by atoms with E-state index in [1.165, 1.54) is 6.42 Å². The largest absolute Gasteiger partial charge is 0.535 e. The Labute approximate surface area is 101 Å². The molecule has 6 heteroatoms. The van der Waals surface area contributed by atoms with Crippen molar-refractivity contribution >= 4 is 12.0 Å². The van der Waals surface area contributed by atoms with Gasteiger partial charge in [-0.15, -0.1) is 0 Å². The van der Waals surface area contributed by atoms with Gasteiger partial charge in [0, 0.05) is 12.0 Å². The zero-order chi connectivity index (χ0) is 12.7. The molecule has 1 aliphatic carbocycles. The van der Waals surface area contributed by atoms with Crippen LogP contribution in [-0.4, -0.2) is 25.1 Å². The summed E-state index contributed by atoms with van der Waals surface area (Å²) in [6, 6.07) is 0. The van der Waals surface area contributed by atoms with Gasteiger partial charge in [-0.2, -0.15) is 0 Å². The molecule has 4 N–H and O–H groups in total. The highest BCUT2D eigenvalue weighted by Crippen LogP contribution is 2.35. The van der Waals surface area contributed by atoms with E-state index in [0.29, 0.717) is 12.4 Å². The molecule has 0 radical (unpaired) electrons. The van der Waals surface area contributed by atoms with Crippen molar-refractivity contribution in [1.29, 1.82) is 0 Å². The van der Waals surface area contributed by atoms with E-state index in [0.717, 1.165) is 25.7 Å². The van der Waals surface area contributed by atoms with E-state index in [4.69, 9.17) is 11.5 Å². The van der Waals surface area contributed by atoms with Gasteiger partial charge in [0.25, 0.3) is 0 Å². The average Bonchev–Trinajstić information content (AvgIpc) is 2.37. The smallest absolute Gasteiger partial charge is 0.433 e.